The molecule has 0 spiro atoms. The number of rotatable bonds is 5. The predicted molar refractivity (Wildman–Crippen MR) is 92.7 cm³/mol. The Kier molecular flexibility index (Phi) is 4.63. The third kappa shape index (κ3) is 3.73. The van der Waals surface area contributed by atoms with E-state index in [0.29, 0.717) is 4.77 Å². The van der Waals surface area contributed by atoms with Crippen LogP contribution in [0.2, 0.25) is 0 Å². The molecule has 0 fully saturated rings. The maximum absolute atomic E-state index is 5.76. The number of nitrogens with zero attached hydrogens (tertiary/aromatic N) is 3. The fraction of sp³-hybridized carbons (Fsp3) is 0.118. The lowest BCUT2D eigenvalue weighted by atomic mass is 10.2. The van der Waals surface area contributed by atoms with Crippen molar-refractivity contribution in [2.75, 3.05) is 0 Å². The van der Waals surface area contributed by atoms with E-state index < -0.39 is 0 Å². The van der Waals surface area contributed by atoms with Crippen molar-refractivity contribution in [3.05, 3.63) is 70.8 Å². The lowest BCUT2D eigenvalue weighted by Gasteiger charge is -2.05. The summed E-state index contributed by atoms with van der Waals surface area (Å²) in [6, 6.07) is 17.4. The molecule has 23 heavy (non-hydrogen) atoms. The molecular weight excluding hydrogens is 308 g/mol. The Morgan fingerprint density at radius 3 is 2.52 bits per heavy atom. The molecule has 0 saturated heterocycles. The van der Waals surface area contributed by atoms with Crippen LogP contribution in [0.15, 0.2) is 59.7 Å². The quantitative estimate of drug-likeness (QED) is 0.566. The van der Waals surface area contributed by atoms with E-state index in [1.165, 1.54) is 0 Å². The van der Waals surface area contributed by atoms with Crippen LogP contribution in [0.4, 0.5) is 0 Å². The van der Waals surface area contributed by atoms with Crippen LogP contribution in [0, 0.1) is 4.77 Å². The lowest BCUT2D eigenvalue weighted by Crippen LogP contribution is -1.97. The molecule has 3 aromatic rings. The van der Waals surface area contributed by atoms with Crippen molar-refractivity contribution in [2.45, 2.75) is 13.3 Å². The summed E-state index contributed by atoms with van der Waals surface area (Å²) in [4.78, 5) is 0. The minimum Gasteiger partial charge on any atom is -0.457 e. The van der Waals surface area contributed by atoms with Crippen molar-refractivity contribution in [1.29, 1.82) is 0 Å². The van der Waals surface area contributed by atoms with Crippen LogP contribution in [0.5, 0.6) is 11.5 Å². The van der Waals surface area contributed by atoms with E-state index in [9.17, 15) is 0 Å². The van der Waals surface area contributed by atoms with Crippen LogP contribution in [0.3, 0.4) is 0 Å². The number of hydrogen-bond acceptors (Lipinski definition) is 4. The second-order valence-electron chi connectivity index (χ2n) is 4.84. The molecule has 2 aromatic carbocycles. The van der Waals surface area contributed by atoms with E-state index in [1.54, 1.807) is 10.9 Å². The first kappa shape index (κ1) is 15.2. The lowest BCUT2D eigenvalue weighted by molar-refractivity contribution is 0.482. The van der Waals surface area contributed by atoms with Crippen molar-refractivity contribution >= 4 is 18.4 Å². The highest BCUT2D eigenvalue weighted by molar-refractivity contribution is 7.71. The third-order valence-electron chi connectivity index (χ3n) is 3.21. The number of hydrogen-bond donors (Lipinski definition) is 1. The van der Waals surface area contributed by atoms with E-state index in [1.807, 2.05) is 61.5 Å². The first-order valence-corrected chi connectivity index (χ1v) is 7.70. The molecule has 0 bridgehead atoms. The zero-order valence-electron chi connectivity index (χ0n) is 12.6. The first-order chi connectivity index (χ1) is 11.3. The monoisotopic (exact) mass is 324 g/mol. The summed E-state index contributed by atoms with van der Waals surface area (Å²) in [5.74, 6) is 2.39. The Labute approximate surface area is 139 Å². The van der Waals surface area contributed by atoms with Crippen molar-refractivity contribution in [3.63, 3.8) is 0 Å². The highest BCUT2D eigenvalue weighted by atomic mass is 32.1. The molecule has 5 nitrogen and oxygen atoms in total. The standard InChI is InChI=1S/C17H16N4OS/c1-2-16-19-20-17(23)21(16)18-12-13-8-10-15(11-9-13)22-14-6-4-3-5-7-14/h3-12H,2H2,1H3,(H,20,23). The van der Waals surface area contributed by atoms with E-state index >= 15 is 0 Å². The van der Waals surface area contributed by atoms with Crippen molar-refractivity contribution in [1.82, 2.24) is 14.9 Å². The highest BCUT2D eigenvalue weighted by Gasteiger charge is 2.01. The molecule has 116 valence electrons. The molecule has 0 saturated carbocycles. The maximum Gasteiger partial charge on any atom is 0.216 e. The fourth-order valence-electron chi connectivity index (χ4n) is 2.04. The fourth-order valence-corrected chi connectivity index (χ4v) is 2.24. The summed E-state index contributed by atoms with van der Waals surface area (Å²) >= 11 is 5.16. The van der Waals surface area contributed by atoms with E-state index in [2.05, 4.69) is 15.3 Å². The normalized spacial score (nSPS) is 11.0. The smallest absolute Gasteiger partial charge is 0.216 e. The summed E-state index contributed by atoms with van der Waals surface area (Å²) in [6.45, 7) is 2.01. The number of para-hydroxylation sites is 1. The van der Waals surface area contributed by atoms with Crippen LogP contribution >= 0.6 is 12.2 Å². The molecular formula is C17H16N4OS. The Bertz CT molecular complexity index is 850. The summed E-state index contributed by atoms with van der Waals surface area (Å²) < 4.78 is 7.87. The van der Waals surface area contributed by atoms with Crippen LogP contribution in [-0.4, -0.2) is 21.1 Å². The molecule has 1 N–H and O–H groups in total. The van der Waals surface area contributed by atoms with Gasteiger partial charge < -0.3 is 4.74 Å². The van der Waals surface area contributed by atoms with E-state index in [4.69, 9.17) is 17.0 Å². The predicted octanol–water partition coefficient (Wildman–Crippen LogP) is 4.18. The highest BCUT2D eigenvalue weighted by Crippen LogP contribution is 2.20. The molecule has 0 unspecified atom stereocenters. The molecule has 6 heteroatoms. The third-order valence-corrected chi connectivity index (χ3v) is 3.48. The van der Waals surface area contributed by atoms with Gasteiger partial charge >= 0.3 is 0 Å². The van der Waals surface area contributed by atoms with Gasteiger partial charge in [0.1, 0.15) is 11.5 Å². The largest absolute Gasteiger partial charge is 0.457 e. The van der Waals surface area contributed by atoms with Gasteiger partial charge in [0.15, 0.2) is 5.82 Å². The molecule has 0 aliphatic heterocycles. The van der Waals surface area contributed by atoms with Crippen LogP contribution < -0.4 is 4.74 Å². The number of benzene rings is 2. The Balaban J connectivity index is 1.73. The number of aromatic nitrogens is 3. The maximum atomic E-state index is 5.76. The zero-order chi connectivity index (χ0) is 16.1. The van der Waals surface area contributed by atoms with Crippen molar-refractivity contribution < 1.29 is 4.74 Å². The molecule has 3 rings (SSSR count). The van der Waals surface area contributed by atoms with Gasteiger partial charge in [0, 0.05) is 6.42 Å². The summed E-state index contributed by atoms with van der Waals surface area (Å²) in [6.07, 6.45) is 2.51. The van der Waals surface area contributed by atoms with E-state index in [-0.39, 0.29) is 0 Å². The molecule has 0 amide bonds. The SMILES string of the molecule is CCc1n[nH]c(=S)n1N=Cc1ccc(Oc2ccccc2)cc1. The molecule has 0 aliphatic carbocycles. The van der Waals surface area contributed by atoms with Gasteiger partial charge in [-0.1, -0.05) is 25.1 Å². The minimum absolute atomic E-state index is 0.488. The van der Waals surface area contributed by atoms with Crippen LogP contribution in [-0.2, 0) is 6.42 Å². The number of ether oxygens (including phenoxy) is 1. The average Bonchev–Trinajstić information content (AvgIpc) is 2.95. The van der Waals surface area contributed by atoms with E-state index in [0.717, 1.165) is 29.3 Å². The number of aryl methyl sites for hydroxylation is 1. The van der Waals surface area contributed by atoms with Gasteiger partial charge in [-0.25, -0.2) is 0 Å². The summed E-state index contributed by atoms with van der Waals surface area (Å²) in [7, 11) is 0. The van der Waals surface area contributed by atoms with Gasteiger partial charge in [-0.2, -0.15) is 14.9 Å². The van der Waals surface area contributed by atoms with Crippen molar-refractivity contribution in [3.8, 4) is 11.5 Å². The Morgan fingerprint density at radius 1 is 1.13 bits per heavy atom. The second kappa shape index (κ2) is 7.02. The number of aromatic amines is 1. The number of H-pyrrole nitrogens is 1. The zero-order valence-corrected chi connectivity index (χ0v) is 13.5. The molecule has 0 aliphatic rings. The van der Waals surface area contributed by atoms with Gasteiger partial charge in [-0.05, 0) is 54.2 Å². The summed E-state index contributed by atoms with van der Waals surface area (Å²) in [5.41, 5.74) is 0.954. The van der Waals surface area contributed by atoms with Gasteiger partial charge in [0.2, 0.25) is 4.77 Å². The van der Waals surface area contributed by atoms with Gasteiger partial charge in [0.05, 0.1) is 6.21 Å². The van der Waals surface area contributed by atoms with Crippen molar-refractivity contribution in [2.24, 2.45) is 5.10 Å². The van der Waals surface area contributed by atoms with Gasteiger partial charge in [-0.3, -0.25) is 5.10 Å². The van der Waals surface area contributed by atoms with Crippen LogP contribution in [0.1, 0.15) is 18.3 Å². The Morgan fingerprint density at radius 2 is 1.83 bits per heavy atom. The van der Waals surface area contributed by atoms with Gasteiger partial charge in [0.25, 0.3) is 0 Å². The molecule has 1 heterocycles. The molecule has 1 aromatic heterocycles. The van der Waals surface area contributed by atoms with Gasteiger partial charge in [-0.15, -0.1) is 0 Å². The molecule has 0 radical (unpaired) electrons. The second-order valence-corrected chi connectivity index (χ2v) is 5.23. The average molecular weight is 324 g/mol. The first-order valence-electron chi connectivity index (χ1n) is 7.30. The Hall–Kier alpha value is -2.73. The molecule has 0 atom stereocenters. The number of nitrogens with one attached hydrogen (secondary N) is 1. The minimum atomic E-state index is 0.488. The topological polar surface area (TPSA) is 55.2 Å². The van der Waals surface area contributed by atoms with Crippen LogP contribution in [0.25, 0.3) is 0 Å². The summed E-state index contributed by atoms with van der Waals surface area (Å²) in [5, 5.41) is 11.2.